The third kappa shape index (κ3) is 4.56. The minimum atomic E-state index is -0.448. The standard InChI is InChI=1S/C16H24ClN3O3/c1-11-8-19(9-12(2)23-11)16(3,4)10-18-15-6-5-13(20(21)22)7-14(15)17/h5-7,11-12,18H,8-10H2,1-4H3/t11-,12-/m0/s1. The fourth-order valence-corrected chi connectivity index (χ4v) is 3.10. The number of morpholine rings is 1. The Morgan fingerprint density at radius 2 is 2.00 bits per heavy atom. The monoisotopic (exact) mass is 341 g/mol. The van der Waals surface area contributed by atoms with Gasteiger partial charge in [-0.25, -0.2) is 0 Å². The molecular weight excluding hydrogens is 318 g/mol. The predicted molar refractivity (Wildman–Crippen MR) is 92.3 cm³/mol. The minimum absolute atomic E-state index is 0.00404. The van der Waals surface area contributed by atoms with E-state index in [-0.39, 0.29) is 23.4 Å². The molecule has 0 amide bonds. The molecule has 128 valence electrons. The molecule has 0 aliphatic carbocycles. The summed E-state index contributed by atoms with van der Waals surface area (Å²) in [4.78, 5) is 12.7. The van der Waals surface area contributed by atoms with Gasteiger partial charge in [-0.3, -0.25) is 15.0 Å². The fraction of sp³-hybridized carbons (Fsp3) is 0.625. The Labute approximate surface area is 141 Å². The summed E-state index contributed by atoms with van der Waals surface area (Å²) >= 11 is 6.13. The molecule has 1 aliphatic heterocycles. The van der Waals surface area contributed by atoms with E-state index in [1.165, 1.54) is 12.1 Å². The van der Waals surface area contributed by atoms with Gasteiger partial charge < -0.3 is 10.1 Å². The quantitative estimate of drug-likeness (QED) is 0.655. The average Bonchev–Trinajstić information content (AvgIpc) is 2.44. The first-order valence-electron chi connectivity index (χ1n) is 7.77. The Morgan fingerprint density at radius 3 is 2.52 bits per heavy atom. The lowest BCUT2D eigenvalue weighted by molar-refractivity contribution is -0.384. The summed E-state index contributed by atoms with van der Waals surface area (Å²) in [5.41, 5.74) is 0.618. The van der Waals surface area contributed by atoms with Crippen molar-refractivity contribution in [2.45, 2.75) is 45.4 Å². The van der Waals surface area contributed by atoms with E-state index in [1.807, 2.05) is 0 Å². The van der Waals surface area contributed by atoms with Crippen LogP contribution in [-0.2, 0) is 4.74 Å². The number of nitrogens with one attached hydrogen (secondary N) is 1. The molecule has 7 heteroatoms. The summed E-state index contributed by atoms with van der Waals surface area (Å²) < 4.78 is 5.78. The van der Waals surface area contributed by atoms with E-state index in [0.717, 1.165) is 13.1 Å². The molecule has 1 heterocycles. The molecule has 0 aromatic heterocycles. The van der Waals surface area contributed by atoms with Gasteiger partial charge in [0.1, 0.15) is 0 Å². The number of nitro benzene ring substituents is 1. The van der Waals surface area contributed by atoms with E-state index in [2.05, 4.69) is 37.9 Å². The Balaban J connectivity index is 2.02. The van der Waals surface area contributed by atoms with Crippen LogP contribution in [0.2, 0.25) is 5.02 Å². The van der Waals surface area contributed by atoms with Crippen LogP contribution in [0.3, 0.4) is 0 Å². The second kappa shape index (κ2) is 7.03. The lowest BCUT2D eigenvalue weighted by atomic mass is 10.00. The van der Waals surface area contributed by atoms with Gasteiger partial charge in [0.05, 0.1) is 27.8 Å². The van der Waals surface area contributed by atoms with Gasteiger partial charge in [-0.15, -0.1) is 0 Å². The maximum Gasteiger partial charge on any atom is 0.271 e. The van der Waals surface area contributed by atoms with Crippen LogP contribution >= 0.6 is 11.6 Å². The molecule has 0 unspecified atom stereocenters. The molecule has 1 aromatic carbocycles. The third-order valence-corrected chi connectivity index (χ3v) is 4.46. The van der Waals surface area contributed by atoms with E-state index in [9.17, 15) is 10.1 Å². The summed E-state index contributed by atoms with van der Waals surface area (Å²) in [5.74, 6) is 0. The number of nitrogens with zero attached hydrogens (tertiary/aromatic N) is 2. The molecule has 1 aliphatic rings. The van der Waals surface area contributed by atoms with Gasteiger partial charge in [-0.2, -0.15) is 0 Å². The molecule has 0 bridgehead atoms. The minimum Gasteiger partial charge on any atom is -0.382 e. The molecule has 0 spiro atoms. The van der Waals surface area contributed by atoms with Gasteiger partial charge >= 0.3 is 0 Å². The van der Waals surface area contributed by atoms with Crippen LogP contribution in [0.15, 0.2) is 18.2 Å². The van der Waals surface area contributed by atoms with Crippen LogP contribution in [0.25, 0.3) is 0 Å². The highest BCUT2D eigenvalue weighted by Crippen LogP contribution is 2.28. The van der Waals surface area contributed by atoms with Crippen molar-refractivity contribution < 1.29 is 9.66 Å². The van der Waals surface area contributed by atoms with Crippen molar-refractivity contribution in [2.24, 2.45) is 0 Å². The SMILES string of the molecule is C[C@H]1CN(C(C)(C)CNc2ccc([N+](=O)[O-])cc2Cl)C[C@H](C)O1. The summed E-state index contributed by atoms with van der Waals surface area (Å²) in [5, 5.41) is 14.4. The Hall–Kier alpha value is -1.37. The summed E-state index contributed by atoms with van der Waals surface area (Å²) in [6.07, 6.45) is 0.418. The van der Waals surface area contributed by atoms with Crippen LogP contribution in [0, 0.1) is 10.1 Å². The van der Waals surface area contributed by atoms with Crippen molar-refractivity contribution >= 4 is 23.0 Å². The molecule has 1 saturated heterocycles. The van der Waals surface area contributed by atoms with E-state index in [4.69, 9.17) is 16.3 Å². The summed E-state index contributed by atoms with van der Waals surface area (Å²) in [6.45, 7) is 11.0. The lowest BCUT2D eigenvalue weighted by Crippen LogP contribution is -2.57. The smallest absolute Gasteiger partial charge is 0.271 e. The van der Waals surface area contributed by atoms with E-state index in [0.29, 0.717) is 17.3 Å². The molecule has 23 heavy (non-hydrogen) atoms. The van der Waals surface area contributed by atoms with Gasteiger partial charge in [-0.1, -0.05) is 11.6 Å². The molecule has 0 saturated carbocycles. The fourth-order valence-electron chi connectivity index (χ4n) is 2.86. The Morgan fingerprint density at radius 1 is 1.39 bits per heavy atom. The topological polar surface area (TPSA) is 67.6 Å². The second-order valence-electron chi connectivity index (χ2n) is 6.75. The van der Waals surface area contributed by atoms with Gasteiger partial charge in [-0.05, 0) is 33.8 Å². The van der Waals surface area contributed by atoms with Crippen LogP contribution < -0.4 is 5.32 Å². The molecule has 1 N–H and O–H groups in total. The zero-order chi connectivity index (χ0) is 17.2. The van der Waals surface area contributed by atoms with Crippen molar-refractivity contribution in [3.05, 3.63) is 33.3 Å². The van der Waals surface area contributed by atoms with Crippen LogP contribution in [0.5, 0.6) is 0 Å². The van der Waals surface area contributed by atoms with E-state index in [1.54, 1.807) is 6.07 Å². The highest BCUT2D eigenvalue weighted by molar-refractivity contribution is 6.33. The number of hydrogen-bond donors (Lipinski definition) is 1. The van der Waals surface area contributed by atoms with Crippen LogP contribution in [0.1, 0.15) is 27.7 Å². The highest BCUT2D eigenvalue weighted by Gasteiger charge is 2.33. The van der Waals surface area contributed by atoms with Gasteiger partial charge in [0, 0.05) is 37.3 Å². The first-order chi connectivity index (χ1) is 10.7. The maximum absolute atomic E-state index is 10.8. The normalized spacial score (nSPS) is 22.8. The summed E-state index contributed by atoms with van der Waals surface area (Å²) in [6, 6.07) is 4.48. The van der Waals surface area contributed by atoms with Gasteiger partial charge in [0.15, 0.2) is 0 Å². The molecule has 2 rings (SSSR count). The van der Waals surface area contributed by atoms with Gasteiger partial charge in [0.25, 0.3) is 5.69 Å². The number of benzene rings is 1. The number of ether oxygens (including phenoxy) is 1. The van der Waals surface area contributed by atoms with E-state index >= 15 is 0 Å². The van der Waals surface area contributed by atoms with Crippen LogP contribution in [0.4, 0.5) is 11.4 Å². The molecule has 6 nitrogen and oxygen atoms in total. The zero-order valence-corrected chi connectivity index (χ0v) is 14.8. The Kier molecular flexibility index (Phi) is 5.49. The molecule has 1 aromatic rings. The van der Waals surface area contributed by atoms with E-state index < -0.39 is 4.92 Å². The first kappa shape index (κ1) is 18.0. The van der Waals surface area contributed by atoms with Crippen molar-refractivity contribution in [1.82, 2.24) is 4.90 Å². The van der Waals surface area contributed by atoms with Gasteiger partial charge in [0.2, 0.25) is 0 Å². The second-order valence-corrected chi connectivity index (χ2v) is 7.16. The first-order valence-corrected chi connectivity index (χ1v) is 8.15. The molecule has 1 fully saturated rings. The number of halogens is 1. The average molecular weight is 342 g/mol. The number of anilines is 1. The third-order valence-electron chi connectivity index (χ3n) is 4.15. The Bertz CT molecular complexity index is 570. The van der Waals surface area contributed by atoms with Crippen LogP contribution in [-0.4, -0.2) is 47.2 Å². The molecular formula is C16H24ClN3O3. The lowest BCUT2D eigenvalue weighted by Gasteiger charge is -2.45. The maximum atomic E-state index is 10.8. The number of hydrogen-bond acceptors (Lipinski definition) is 5. The van der Waals surface area contributed by atoms with Crippen molar-refractivity contribution in [1.29, 1.82) is 0 Å². The van der Waals surface area contributed by atoms with Crippen molar-refractivity contribution in [3.63, 3.8) is 0 Å². The number of nitro groups is 1. The summed E-state index contributed by atoms with van der Waals surface area (Å²) in [7, 11) is 0. The number of rotatable bonds is 5. The molecule has 0 radical (unpaired) electrons. The van der Waals surface area contributed by atoms with Crippen molar-refractivity contribution in [3.8, 4) is 0 Å². The predicted octanol–water partition coefficient (Wildman–Crippen LogP) is 3.55. The molecule has 2 atom stereocenters. The zero-order valence-electron chi connectivity index (χ0n) is 14.0. The highest BCUT2D eigenvalue weighted by atomic mass is 35.5. The largest absolute Gasteiger partial charge is 0.382 e. The van der Waals surface area contributed by atoms with Crippen molar-refractivity contribution in [2.75, 3.05) is 25.0 Å². The number of non-ortho nitro benzene ring substituents is 1.